The Bertz CT molecular complexity index is 454. The first-order valence-corrected chi connectivity index (χ1v) is 7.42. The van der Waals surface area contributed by atoms with E-state index in [1.54, 1.807) is 18.2 Å². The smallest absolute Gasteiger partial charge is 0.335 e. The van der Waals surface area contributed by atoms with Crippen LogP contribution in [0.2, 0.25) is 0 Å². The van der Waals surface area contributed by atoms with Crippen molar-refractivity contribution in [3.05, 3.63) is 29.8 Å². The van der Waals surface area contributed by atoms with E-state index >= 15 is 0 Å². The van der Waals surface area contributed by atoms with Crippen LogP contribution in [0.4, 0.5) is 5.69 Å². The standard InChI is InChI=1S/C16H24N2O2/c1-3-18-9-7-13(8-10-18)12(2)17-15-6-4-5-14(11-15)16(19)20/h4-6,11-13,17H,3,7-10H2,1-2H3,(H,19,20). The van der Waals surface area contributed by atoms with Gasteiger partial charge in [0.2, 0.25) is 0 Å². The number of carbonyl (C=O) groups is 1. The van der Waals surface area contributed by atoms with Gasteiger partial charge < -0.3 is 15.3 Å². The Morgan fingerprint density at radius 3 is 2.75 bits per heavy atom. The van der Waals surface area contributed by atoms with Gasteiger partial charge in [0.15, 0.2) is 0 Å². The van der Waals surface area contributed by atoms with Crippen molar-refractivity contribution in [2.45, 2.75) is 32.7 Å². The number of piperidine rings is 1. The van der Waals surface area contributed by atoms with Gasteiger partial charge in [0.1, 0.15) is 0 Å². The molecule has 0 aliphatic carbocycles. The molecule has 0 bridgehead atoms. The largest absolute Gasteiger partial charge is 0.478 e. The third-order valence-electron chi connectivity index (χ3n) is 4.29. The third kappa shape index (κ3) is 3.73. The highest BCUT2D eigenvalue weighted by atomic mass is 16.4. The van der Waals surface area contributed by atoms with Crippen molar-refractivity contribution in [3.8, 4) is 0 Å². The van der Waals surface area contributed by atoms with Crippen molar-refractivity contribution in [3.63, 3.8) is 0 Å². The summed E-state index contributed by atoms with van der Waals surface area (Å²) in [5, 5.41) is 12.5. The van der Waals surface area contributed by atoms with E-state index in [4.69, 9.17) is 5.11 Å². The van der Waals surface area contributed by atoms with Gasteiger partial charge in [-0.25, -0.2) is 4.79 Å². The number of anilines is 1. The summed E-state index contributed by atoms with van der Waals surface area (Å²) >= 11 is 0. The zero-order valence-electron chi connectivity index (χ0n) is 12.3. The number of carboxylic acids is 1. The molecular weight excluding hydrogens is 252 g/mol. The molecule has 4 heteroatoms. The molecule has 1 aromatic carbocycles. The molecule has 0 saturated carbocycles. The molecule has 0 amide bonds. The van der Waals surface area contributed by atoms with Crippen LogP contribution in [0.25, 0.3) is 0 Å². The number of hydrogen-bond donors (Lipinski definition) is 2. The Morgan fingerprint density at radius 2 is 2.15 bits per heavy atom. The minimum absolute atomic E-state index is 0.336. The lowest BCUT2D eigenvalue weighted by Gasteiger charge is -2.34. The van der Waals surface area contributed by atoms with Gasteiger partial charge in [-0.1, -0.05) is 13.0 Å². The molecule has 0 radical (unpaired) electrons. The molecule has 1 fully saturated rings. The molecule has 2 rings (SSSR count). The minimum atomic E-state index is -0.877. The van der Waals surface area contributed by atoms with E-state index in [1.807, 2.05) is 6.07 Å². The first kappa shape index (κ1) is 14.9. The molecule has 4 nitrogen and oxygen atoms in total. The normalized spacial score (nSPS) is 18.7. The zero-order valence-corrected chi connectivity index (χ0v) is 12.3. The van der Waals surface area contributed by atoms with Crippen molar-refractivity contribution in [2.24, 2.45) is 5.92 Å². The lowest BCUT2D eigenvalue weighted by atomic mass is 9.90. The van der Waals surface area contributed by atoms with Crippen LogP contribution in [0.15, 0.2) is 24.3 Å². The second kappa shape index (κ2) is 6.75. The first-order valence-electron chi connectivity index (χ1n) is 7.42. The molecule has 20 heavy (non-hydrogen) atoms. The van der Waals surface area contributed by atoms with Gasteiger partial charge in [-0.3, -0.25) is 0 Å². The summed E-state index contributed by atoms with van der Waals surface area (Å²) in [4.78, 5) is 13.5. The highest BCUT2D eigenvalue weighted by molar-refractivity contribution is 5.88. The summed E-state index contributed by atoms with van der Waals surface area (Å²) in [6.45, 7) is 7.87. The Balaban J connectivity index is 1.93. The lowest BCUT2D eigenvalue weighted by molar-refractivity contribution is 0.0697. The topological polar surface area (TPSA) is 52.6 Å². The van der Waals surface area contributed by atoms with Crippen LogP contribution < -0.4 is 5.32 Å². The number of aromatic carboxylic acids is 1. The highest BCUT2D eigenvalue weighted by Crippen LogP contribution is 2.23. The van der Waals surface area contributed by atoms with Crippen molar-refractivity contribution in [1.82, 2.24) is 4.90 Å². The molecule has 2 N–H and O–H groups in total. The molecular formula is C16H24N2O2. The maximum absolute atomic E-state index is 11.0. The predicted molar refractivity (Wildman–Crippen MR) is 81.3 cm³/mol. The maximum atomic E-state index is 11.0. The monoisotopic (exact) mass is 276 g/mol. The first-order chi connectivity index (χ1) is 9.60. The molecule has 110 valence electrons. The Labute approximate surface area is 120 Å². The number of rotatable bonds is 5. The highest BCUT2D eigenvalue weighted by Gasteiger charge is 2.23. The number of benzene rings is 1. The van der Waals surface area contributed by atoms with Gasteiger partial charge in [-0.05, 0) is 63.5 Å². The van der Waals surface area contributed by atoms with E-state index < -0.39 is 5.97 Å². The van der Waals surface area contributed by atoms with Crippen molar-refractivity contribution in [2.75, 3.05) is 25.0 Å². The van der Waals surface area contributed by atoms with Gasteiger partial charge in [0.25, 0.3) is 0 Å². The van der Waals surface area contributed by atoms with Gasteiger partial charge in [0, 0.05) is 11.7 Å². The van der Waals surface area contributed by atoms with Crippen LogP contribution in [-0.4, -0.2) is 41.7 Å². The summed E-state index contributed by atoms with van der Waals surface area (Å²) in [5.74, 6) is -0.219. The van der Waals surface area contributed by atoms with Crippen LogP contribution in [0, 0.1) is 5.92 Å². The van der Waals surface area contributed by atoms with E-state index in [9.17, 15) is 4.79 Å². The number of hydrogen-bond acceptors (Lipinski definition) is 3. The minimum Gasteiger partial charge on any atom is -0.478 e. The average molecular weight is 276 g/mol. The Kier molecular flexibility index (Phi) is 5.01. The second-order valence-corrected chi connectivity index (χ2v) is 5.59. The zero-order chi connectivity index (χ0) is 14.5. The van der Waals surface area contributed by atoms with Crippen LogP contribution in [0.5, 0.6) is 0 Å². The number of carboxylic acid groups (broad SMARTS) is 1. The number of nitrogens with one attached hydrogen (secondary N) is 1. The molecule has 1 aromatic rings. The van der Waals surface area contributed by atoms with Crippen molar-refractivity contribution >= 4 is 11.7 Å². The Morgan fingerprint density at radius 1 is 1.45 bits per heavy atom. The van der Waals surface area contributed by atoms with E-state index in [1.165, 1.54) is 25.9 Å². The predicted octanol–water partition coefficient (Wildman–Crippen LogP) is 2.92. The summed E-state index contributed by atoms with van der Waals surface area (Å²) in [5.41, 5.74) is 1.23. The summed E-state index contributed by atoms with van der Waals surface area (Å²) in [6.07, 6.45) is 2.42. The van der Waals surface area contributed by atoms with E-state index in [0.717, 1.165) is 12.2 Å². The van der Waals surface area contributed by atoms with Gasteiger partial charge in [-0.15, -0.1) is 0 Å². The SMILES string of the molecule is CCN1CCC(C(C)Nc2cccc(C(=O)O)c2)CC1. The van der Waals surface area contributed by atoms with Gasteiger partial charge in [0.05, 0.1) is 5.56 Å². The number of nitrogens with zero attached hydrogens (tertiary/aromatic N) is 1. The summed E-state index contributed by atoms with van der Waals surface area (Å²) in [6, 6.07) is 7.43. The molecule has 1 aliphatic heterocycles. The summed E-state index contributed by atoms with van der Waals surface area (Å²) < 4.78 is 0. The van der Waals surface area contributed by atoms with Gasteiger partial charge >= 0.3 is 5.97 Å². The fourth-order valence-corrected chi connectivity index (χ4v) is 2.89. The summed E-state index contributed by atoms with van der Waals surface area (Å²) in [7, 11) is 0. The molecule has 1 saturated heterocycles. The average Bonchev–Trinajstić information content (AvgIpc) is 2.47. The number of likely N-dealkylation sites (tertiary alicyclic amines) is 1. The quantitative estimate of drug-likeness (QED) is 0.868. The van der Waals surface area contributed by atoms with Crippen LogP contribution in [-0.2, 0) is 0 Å². The molecule has 0 aromatic heterocycles. The lowest BCUT2D eigenvalue weighted by Crippen LogP contribution is -2.39. The van der Waals surface area contributed by atoms with Crippen LogP contribution in [0.1, 0.15) is 37.0 Å². The van der Waals surface area contributed by atoms with Crippen LogP contribution in [0.3, 0.4) is 0 Å². The van der Waals surface area contributed by atoms with Gasteiger partial charge in [-0.2, -0.15) is 0 Å². The molecule has 1 heterocycles. The van der Waals surface area contributed by atoms with E-state index in [0.29, 0.717) is 17.5 Å². The van der Waals surface area contributed by atoms with Crippen molar-refractivity contribution in [1.29, 1.82) is 0 Å². The second-order valence-electron chi connectivity index (χ2n) is 5.59. The fourth-order valence-electron chi connectivity index (χ4n) is 2.89. The van der Waals surface area contributed by atoms with Crippen LogP contribution >= 0.6 is 0 Å². The molecule has 1 atom stereocenters. The van der Waals surface area contributed by atoms with E-state index in [-0.39, 0.29) is 0 Å². The molecule has 1 aliphatic rings. The molecule has 0 spiro atoms. The third-order valence-corrected chi connectivity index (χ3v) is 4.29. The maximum Gasteiger partial charge on any atom is 0.335 e. The molecule has 1 unspecified atom stereocenters. The Hall–Kier alpha value is -1.55. The van der Waals surface area contributed by atoms with E-state index in [2.05, 4.69) is 24.1 Å². The fraction of sp³-hybridized carbons (Fsp3) is 0.562. The van der Waals surface area contributed by atoms with Crippen molar-refractivity contribution < 1.29 is 9.90 Å².